The molecule has 1 atom stereocenters. The van der Waals surface area contributed by atoms with Crippen molar-refractivity contribution >= 4 is 22.4 Å². The summed E-state index contributed by atoms with van der Waals surface area (Å²) in [6, 6.07) is 0.443. The van der Waals surface area contributed by atoms with Crippen LogP contribution >= 0.6 is 11.3 Å². The number of nitrogens with two attached hydrogens (primary N) is 1. The first-order valence-electron chi connectivity index (χ1n) is 6.08. The Bertz CT molecular complexity index is 391. The molecule has 0 bridgehead atoms. The number of carbonyl (C=O) groups is 1. The summed E-state index contributed by atoms with van der Waals surface area (Å²) in [5.74, 6) is 0.0162. The summed E-state index contributed by atoms with van der Waals surface area (Å²) in [5, 5.41) is 5.28. The minimum Gasteiger partial charge on any atom is -0.375 e. The molecule has 1 aromatic rings. The first kappa shape index (κ1) is 14.9. The molecule has 0 fully saturated rings. The van der Waals surface area contributed by atoms with Crippen LogP contribution in [0.25, 0.3) is 0 Å². The summed E-state index contributed by atoms with van der Waals surface area (Å²) in [7, 11) is 2.02. The van der Waals surface area contributed by atoms with Gasteiger partial charge in [0.1, 0.15) is 0 Å². The fraction of sp³-hybridized carbons (Fsp3) is 0.667. The van der Waals surface area contributed by atoms with E-state index in [1.807, 2.05) is 19.4 Å². The molecular weight excluding hydrogens is 248 g/mol. The lowest BCUT2D eigenvalue weighted by molar-refractivity contribution is -0.125. The molecule has 102 valence electrons. The highest BCUT2D eigenvalue weighted by molar-refractivity contribution is 7.13. The molecule has 18 heavy (non-hydrogen) atoms. The van der Waals surface area contributed by atoms with Crippen molar-refractivity contribution in [1.82, 2.24) is 15.2 Å². The van der Waals surface area contributed by atoms with Gasteiger partial charge in [-0.15, -0.1) is 11.3 Å². The van der Waals surface area contributed by atoms with E-state index >= 15 is 0 Å². The highest BCUT2D eigenvalue weighted by Crippen LogP contribution is 2.10. The zero-order chi connectivity index (χ0) is 13.7. The maximum atomic E-state index is 11.9. The third-order valence-electron chi connectivity index (χ3n) is 2.90. The van der Waals surface area contributed by atoms with E-state index in [1.54, 1.807) is 0 Å². The number of nitrogens with one attached hydrogen (secondary N) is 1. The zero-order valence-corrected chi connectivity index (χ0v) is 12.3. The fourth-order valence-corrected chi connectivity index (χ4v) is 2.04. The lowest BCUT2D eigenvalue weighted by Gasteiger charge is -2.24. The van der Waals surface area contributed by atoms with Crippen molar-refractivity contribution in [3.05, 3.63) is 11.1 Å². The predicted molar refractivity (Wildman–Crippen MR) is 75.3 cm³/mol. The SMILES string of the molecule is CC(CN(C)C(C)C)C(=O)NCc1csc(N)n1. The largest absolute Gasteiger partial charge is 0.375 e. The lowest BCUT2D eigenvalue weighted by atomic mass is 10.1. The Kier molecular flexibility index (Phi) is 5.55. The van der Waals surface area contributed by atoms with Gasteiger partial charge in [0.2, 0.25) is 5.91 Å². The molecule has 0 spiro atoms. The molecule has 0 aliphatic heterocycles. The maximum Gasteiger partial charge on any atom is 0.224 e. The van der Waals surface area contributed by atoms with Crippen molar-refractivity contribution in [2.45, 2.75) is 33.4 Å². The Morgan fingerprint density at radius 1 is 1.56 bits per heavy atom. The number of nitrogen functional groups attached to an aromatic ring is 1. The Labute approximate surface area is 112 Å². The molecule has 5 nitrogen and oxygen atoms in total. The number of hydrogen-bond acceptors (Lipinski definition) is 5. The molecule has 1 aromatic heterocycles. The van der Waals surface area contributed by atoms with Crippen LogP contribution in [0.2, 0.25) is 0 Å². The Balaban J connectivity index is 2.36. The summed E-state index contributed by atoms with van der Waals surface area (Å²) >= 11 is 1.39. The average Bonchev–Trinajstić information content (AvgIpc) is 2.71. The van der Waals surface area contributed by atoms with Gasteiger partial charge in [-0.3, -0.25) is 4.79 Å². The summed E-state index contributed by atoms with van der Waals surface area (Å²) < 4.78 is 0. The Morgan fingerprint density at radius 2 is 2.22 bits per heavy atom. The summed E-state index contributed by atoms with van der Waals surface area (Å²) in [6.45, 7) is 7.36. The third-order valence-corrected chi connectivity index (χ3v) is 3.63. The quantitative estimate of drug-likeness (QED) is 0.818. The van der Waals surface area contributed by atoms with Crippen LogP contribution in [0.5, 0.6) is 0 Å². The highest BCUT2D eigenvalue weighted by atomic mass is 32.1. The zero-order valence-electron chi connectivity index (χ0n) is 11.4. The van der Waals surface area contributed by atoms with Crippen molar-refractivity contribution in [2.75, 3.05) is 19.3 Å². The van der Waals surface area contributed by atoms with E-state index in [2.05, 4.69) is 29.0 Å². The number of carbonyl (C=O) groups excluding carboxylic acids is 1. The van der Waals surface area contributed by atoms with E-state index in [1.165, 1.54) is 11.3 Å². The van der Waals surface area contributed by atoms with Crippen LogP contribution in [0.15, 0.2) is 5.38 Å². The van der Waals surface area contributed by atoms with Crippen molar-refractivity contribution in [2.24, 2.45) is 5.92 Å². The Morgan fingerprint density at radius 3 is 2.72 bits per heavy atom. The molecule has 1 rings (SSSR count). The van der Waals surface area contributed by atoms with Gasteiger partial charge < -0.3 is 16.0 Å². The number of amides is 1. The molecule has 0 saturated heterocycles. The topological polar surface area (TPSA) is 71.2 Å². The van der Waals surface area contributed by atoms with Crippen LogP contribution in [0.4, 0.5) is 5.13 Å². The van der Waals surface area contributed by atoms with Gasteiger partial charge in [0.05, 0.1) is 12.2 Å². The van der Waals surface area contributed by atoms with E-state index in [0.717, 1.165) is 12.2 Å². The molecule has 0 radical (unpaired) electrons. The van der Waals surface area contributed by atoms with Crippen molar-refractivity contribution in [3.8, 4) is 0 Å². The monoisotopic (exact) mass is 270 g/mol. The standard InChI is InChI=1S/C12H22N4OS/c1-8(2)16(4)6-9(3)11(17)14-5-10-7-18-12(13)15-10/h7-9H,5-6H2,1-4H3,(H2,13,15)(H,14,17). The van der Waals surface area contributed by atoms with Gasteiger partial charge in [-0.2, -0.15) is 0 Å². The second-order valence-corrected chi connectivity index (χ2v) is 5.72. The summed E-state index contributed by atoms with van der Waals surface area (Å²) in [4.78, 5) is 18.1. The molecule has 0 aliphatic carbocycles. The van der Waals surface area contributed by atoms with E-state index < -0.39 is 0 Å². The van der Waals surface area contributed by atoms with Crippen molar-refractivity contribution < 1.29 is 4.79 Å². The van der Waals surface area contributed by atoms with Crippen LogP contribution in [0.3, 0.4) is 0 Å². The Hall–Kier alpha value is -1.14. The van der Waals surface area contributed by atoms with E-state index in [9.17, 15) is 4.79 Å². The minimum atomic E-state index is -0.0339. The van der Waals surface area contributed by atoms with Crippen LogP contribution in [0.1, 0.15) is 26.5 Å². The number of rotatable bonds is 6. The van der Waals surface area contributed by atoms with E-state index in [-0.39, 0.29) is 11.8 Å². The normalized spacial score (nSPS) is 13.0. The number of anilines is 1. The van der Waals surface area contributed by atoms with Crippen molar-refractivity contribution in [3.63, 3.8) is 0 Å². The summed E-state index contributed by atoms with van der Waals surface area (Å²) in [5.41, 5.74) is 6.35. The van der Waals surface area contributed by atoms with E-state index in [4.69, 9.17) is 5.73 Å². The van der Waals surface area contributed by atoms with Crippen molar-refractivity contribution in [1.29, 1.82) is 0 Å². The minimum absolute atomic E-state index is 0.0339. The molecule has 0 saturated carbocycles. The first-order valence-corrected chi connectivity index (χ1v) is 6.96. The van der Waals surface area contributed by atoms with Gasteiger partial charge in [-0.1, -0.05) is 6.92 Å². The van der Waals surface area contributed by atoms with Gasteiger partial charge in [-0.05, 0) is 20.9 Å². The maximum absolute atomic E-state index is 11.9. The van der Waals surface area contributed by atoms with Crippen LogP contribution in [0, 0.1) is 5.92 Å². The highest BCUT2D eigenvalue weighted by Gasteiger charge is 2.16. The third kappa shape index (κ3) is 4.62. The second kappa shape index (κ2) is 6.70. The van der Waals surface area contributed by atoms with E-state index in [0.29, 0.717) is 17.7 Å². The van der Waals surface area contributed by atoms with Crippen LogP contribution < -0.4 is 11.1 Å². The molecule has 1 unspecified atom stereocenters. The predicted octanol–water partition coefficient (Wildman–Crippen LogP) is 1.32. The first-order chi connectivity index (χ1) is 8.40. The number of thiazole rings is 1. The smallest absolute Gasteiger partial charge is 0.224 e. The van der Waals surface area contributed by atoms with Gasteiger partial charge in [0, 0.05) is 23.9 Å². The van der Waals surface area contributed by atoms with Gasteiger partial charge >= 0.3 is 0 Å². The molecule has 3 N–H and O–H groups in total. The fourth-order valence-electron chi connectivity index (χ4n) is 1.48. The lowest BCUT2D eigenvalue weighted by Crippen LogP contribution is -2.38. The molecule has 6 heteroatoms. The number of hydrogen-bond donors (Lipinski definition) is 2. The summed E-state index contributed by atoms with van der Waals surface area (Å²) in [6.07, 6.45) is 0. The molecule has 0 aliphatic rings. The number of aromatic nitrogens is 1. The molecular formula is C12H22N4OS. The molecule has 1 amide bonds. The van der Waals surface area contributed by atoms with Gasteiger partial charge in [0.25, 0.3) is 0 Å². The molecule has 0 aromatic carbocycles. The van der Waals surface area contributed by atoms with Gasteiger partial charge in [-0.25, -0.2) is 4.98 Å². The average molecular weight is 270 g/mol. The van der Waals surface area contributed by atoms with Gasteiger partial charge in [0.15, 0.2) is 5.13 Å². The van der Waals surface area contributed by atoms with Crippen LogP contribution in [-0.2, 0) is 11.3 Å². The van der Waals surface area contributed by atoms with Crippen LogP contribution in [-0.4, -0.2) is 35.4 Å². The molecule has 1 heterocycles. The number of nitrogens with zero attached hydrogens (tertiary/aromatic N) is 2. The second-order valence-electron chi connectivity index (χ2n) is 4.83.